The summed E-state index contributed by atoms with van der Waals surface area (Å²) in [5.41, 5.74) is 5.69. The Kier molecular flexibility index (Phi) is 4.02. The molecule has 0 aromatic carbocycles. The van der Waals surface area contributed by atoms with Crippen LogP contribution in [-0.4, -0.2) is 36.9 Å². The van der Waals surface area contributed by atoms with Crippen molar-refractivity contribution in [2.75, 3.05) is 13.2 Å². The molecule has 0 saturated heterocycles. The fraction of sp³-hybridized carbons (Fsp3) is 1.00. The second kappa shape index (κ2) is 4.83. The Balaban J connectivity index is 2.24. The summed E-state index contributed by atoms with van der Waals surface area (Å²) in [6.07, 6.45) is -1.12. The summed E-state index contributed by atoms with van der Waals surface area (Å²) in [6, 6.07) is -0.302. The van der Waals surface area contributed by atoms with Crippen molar-refractivity contribution >= 4 is 0 Å². The Morgan fingerprint density at radius 3 is 2.46 bits per heavy atom. The molecule has 1 aliphatic rings. The fourth-order valence-electron chi connectivity index (χ4n) is 1.27. The van der Waals surface area contributed by atoms with Crippen molar-refractivity contribution in [1.82, 2.24) is 0 Å². The van der Waals surface area contributed by atoms with Crippen molar-refractivity contribution in [2.45, 2.75) is 31.4 Å². The van der Waals surface area contributed by atoms with Gasteiger partial charge in [0.15, 0.2) is 0 Å². The topological polar surface area (TPSA) is 55.5 Å². The lowest BCUT2D eigenvalue weighted by Crippen LogP contribution is -2.41. The van der Waals surface area contributed by atoms with E-state index >= 15 is 0 Å². The van der Waals surface area contributed by atoms with Gasteiger partial charge in [0, 0.05) is 6.04 Å². The first-order chi connectivity index (χ1) is 6.15. The Bertz CT molecular complexity index is 153. The molecule has 1 aliphatic carbocycles. The van der Waals surface area contributed by atoms with Crippen LogP contribution < -0.4 is 5.73 Å². The van der Waals surface area contributed by atoms with E-state index in [-0.39, 0.29) is 12.6 Å². The van der Waals surface area contributed by atoms with Crippen molar-refractivity contribution < 1.29 is 18.6 Å². The van der Waals surface area contributed by atoms with E-state index in [1.807, 2.05) is 0 Å². The van der Waals surface area contributed by atoms with Gasteiger partial charge in [0.05, 0.1) is 12.7 Å². The zero-order valence-corrected chi connectivity index (χ0v) is 7.33. The first-order valence-electron chi connectivity index (χ1n) is 4.41. The van der Waals surface area contributed by atoms with Gasteiger partial charge in [-0.25, -0.2) is 8.78 Å². The van der Waals surface area contributed by atoms with Crippen LogP contribution in [0.25, 0.3) is 0 Å². The molecular weight excluding hydrogens is 180 g/mol. The number of hydrogen-bond acceptors (Lipinski definition) is 3. The predicted molar refractivity (Wildman–Crippen MR) is 43.5 cm³/mol. The molecule has 1 rings (SSSR count). The van der Waals surface area contributed by atoms with Gasteiger partial charge in [-0.1, -0.05) is 0 Å². The van der Waals surface area contributed by atoms with Crippen molar-refractivity contribution in [3.63, 3.8) is 0 Å². The highest BCUT2D eigenvalue weighted by atomic mass is 19.3. The molecule has 1 saturated carbocycles. The van der Waals surface area contributed by atoms with Crippen LogP contribution in [0.1, 0.15) is 12.8 Å². The number of ether oxygens (including phenoxy) is 1. The number of hydrogen-bond donors (Lipinski definition) is 2. The van der Waals surface area contributed by atoms with Crippen LogP contribution in [0.15, 0.2) is 0 Å². The summed E-state index contributed by atoms with van der Waals surface area (Å²) in [6.45, 7) is -0.934. The maximum Gasteiger partial charge on any atom is 0.261 e. The maximum absolute atomic E-state index is 11.8. The lowest BCUT2D eigenvalue weighted by molar-refractivity contribution is -0.0554. The highest BCUT2D eigenvalue weighted by Crippen LogP contribution is 2.33. The molecule has 2 unspecified atom stereocenters. The molecule has 0 amide bonds. The minimum atomic E-state index is -2.50. The molecule has 0 heterocycles. The Hall–Kier alpha value is -0.260. The van der Waals surface area contributed by atoms with Gasteiger partial charge in [0.25, 0.3) is 6.43 Å². The molecule has 0 radical (unpaired) electrons. The van der Waals surface area contributed by atoms with Gasteiger partial charge in [-0.2, -0.15) is 0 Å². The summed E-state index contributed by atoms with van der Waals surface area (Å²) in [4.78, 5) is 0. The molecule has 0 aliphatic heterocycles. The zero-order valence-electron chi connectivity index (χ0n) is 7.33. The van der Waals surface area contributed by atoms with Crippen LogP contribution >= 0.6 is 0 Å². The summed E-state index contributed by atoms with van der Waals surface area (Å²) in [5.74, 6) is 0.342. The maximum atomic E-state index is 11.8. The van der Waals surface area contributed by atoms with E-state index in [0.29, 0.717) is 5.92 Å². The molecule has 0 bridgehead atoms. The van der Waals surface area contributed by atoms with Crippen LogP contribution in [0.3, 0.4) is 0 Å². The van der Waals surface area contributed by atoms with Crippen molar-refractivity contribution in [3.05, 3.63) is 0 Å². The average molecular weight is 195 g/mol. The molecule has 13 heavy (non-hydrogen) atoms. The van der Waals surface area contributed by atoms with Crippen molar-refractivity contribution in [2.24, 2.45) is 11.7 Å². The molecule has 78 valence electrons. The zero-order chi connectivity index (χ0) is 9.84. The number of alkyl halides is 2. The molecule has 3 N–H and O–H groups in total. The smallest absolute Gasteiger partial charge is 0.261 e. The van der Waals surface area contributed by atoms with Gasteiger partial charge >= 0.3 is 0 Å². The van der Waals surface area contributed by atoms with Gasteiger partial charge in [-0.05, 0) is 18.8 Å². The van der Waals surface area contributed by atoms with E-state index in [0.717, 1.165) is 12.8 Å². The van der Waals surface area contributed by atoms with Gasteiger partial charge in [0.1, 0.15) is 6.61 Å². The lowest BCUT2D eigenvalue weighted by atomic mass is 10.1. The van der Waals surface area contributed by atoms with Crippen LogP contribution in [0, 0.1) is 5.92 Å². The van der Waals surface area contributed by atoms with E-state index in [1.165, 1.54) is 0 Å². The number of halogens is 2. The summed E-state index contributed by atoms with van der Waals surface area (Å²) < 4.78 is 28.3. The first-order valence-corrected chi connectivity index (χ1v) is 4.41. The molecule has 2 atom stereocenters. The minimum absolute atomic E-state index is 0.287. The van der Waals surface area contributed by atoms with E-state index in [9.17, 15) is 8.78 Å². The lowest BCUT2D eigenvalue weighted by Gasteiger charge is -2.21. The van der Waals surface area contributed by atoms with Crippen LogP contribution in [-0.2, 0) is 4.74 Å². The van der Waals surface area contributed by atoms with Crippen molar-refractivity contribution in [1.29, 1.82) is 0 Å². The van der Waals surface area contributed by atoms with Crippen molar-refractivity contribution in [3.8, 4) is 0 Å². The largest absolute Gasteiger partial charge is 0.394 e. The third kappa shape index (κ3) is 3.54. The fourth-order valence-corrected chi connectivity index (χ4v) is 1.27. The summed E-state index contributed by atoms with van der Waals surface area (Å²) >= 11 is 0. The Labute approximate surface area is 75.9 Å². The predicted octanol–water partition coefficient (Wildman–Crippen LogP) is 0.366. The standard InChI is InChI=1S/C8H15F2NO2/c9-7(10)4-13-6(3-12)8(11)5-1-2-5/h5-8,12H,1-4,11H2. The molecule has 0 spiro atoms. The molecular formula is C8H15F2NO2. The summed E-state index contributed by atoms with van der Waals surface area (Å²) in [5, 5.41) is 8.84. The normalized spacial score (nSPS) is 21.9. The van der Waals surface area contributed by atoms with Gasteiger partial charge in [-0.15, -0.1) is 0 Å². The number of rotatable bonds is 6. The number of aliphatic hydroxyl groups excluding tert-OH is 1. The van der Waals surface area contributed by atoms with Gasteiger partial charge in [-0.3, -0.25) is 0 Å². The van der Waals surface area contributed by atoms with Crippen LogP contribution in [0.4, 0.5) is 8.78 Å². The van der Waals surface area contributed by atoms with Gasteiger partial charge in [0.2, 0.25) is 0 Å². The number of aliphatic hydroxyl groups is 1. The molecule has 0 aromatic rings. The van der Waals surface area contributed by atoms with E-state index in [1.54, 1.807) is 0 Å². The average Bonchev–Trinajstić information content (AvgIpc) is 2.86. The van der Waals surface area contributed by atoms with Crippen LogP contribution in [0.5, 0.6) is 0 Å². The Morgan fingerprint density at radius 2 is 2.08 bits per heavy atom. The second-order valence-corrected chi connectivity index (χ2v) is 3.36. The van der Waals surface area contributed by atoms with Crippen LogP contribution in [0.2, 0.25) is 0 Å². The second-order valence-electron chi connectivity index (χ2n) is 3.36. The first kappa shape index (κ1) is 10.8. The minimum Gasteiger partial charge on any atom is -0.394 e. The van der Waals surface area contributed by atoms with Gasteiger partial charge < -0.3 is 15.6 Å². The quantitative estimate of drug-likeness (QED) is 0.643. The highest BCUT2D eigenvalue weighted by Gasteiger charge is 2.34. The van der Waals surface area contributed by atoms with E-state index in [4.69, 9.17) is 15.6 Å². The molecule has 1 fully saturated rings. The monoisotopic (exact) mass is 195 g/mol. The highest BCUT2D eigenvalue weighted by molar-refractivity contribution is 4.89. The van der Waals surface area contributed by atoms with E-state index < -0.39 is 19.1 Å². The number of nitrogens with two attached hydrogens (primary N) is 1. The molecule has 0 aromatic heterocycles. The third-order valence-electron chi connectivity index (χ3n) is 2.21. The van der Waals surface area contributed by atoms with E-state index in [2.05, 4.69) is 0 Å². The summed E-state index contributed by atoms with van der Waals surface area (Å²) in [7, 11) is 0. The third-order valence-corrected chi connectivity index (χ3v) is 2.21. The SMILES string of the molecule is NC(C1CC1)C(CO)OCC(F)F. The molecule has 3 nitrogen and oxygen atoms in total. The molecule has 5 heteroatoms. The Morgan fingerprint density at radius 1 is 1.46 bits per heavy atom.